The Morgan fingerprint density at radius 3 is 2.74 bits per heavy atom. The van der Waals surface area contributed by atoms with Gasteiger partial charge >= 0.3 is 0 Å². The van der Waals surface area contributed by atoms with Gasteiger partial charge in [0.15, 0.2) is 11.0 Å². The number of anilines is 1. The summed E-state index contributed by atoms with van der Waals surface area (Å²) in [4.78, 5) is 12.7. The molecule has 2 aromatic carbocycles. The van der Waals surface area contributed by atoms with Crippen LogP contribution in [0.2, 0.25) is 0 Å². The molecule has 0 radical (unpaired) electrons. The van der Waals surface area contributed by atoms with Crippen molar-refractivity contribution in [2.45, 2.75) is 19.0 Å². The Hall–Kier alpha value is -3.90. The highest BCUT2D eigenvalue weighted by Gasteiger charge is 2.17. The average Bonchev–Trinajstić information content (AvgIpc) is 3.39. The zero-order chi connectivity index (χ0) is 21.8. The second-order valence-corrected chi connectivity index (χ2v) is 7.82. The number of nitriles is 1. The van der Waals surface area contributed by atoms with E-state index in [9.17, 15) is 10.1 Å². The molecule has 1 N–H and O–H groups in total. The third-order valence-electron chi connectivity index (χ3n) is 4.61. The summed E-state index contributed by atoms with van der Waals surface area (Å²) in [5.74, 6) is 0.179. The van der Waals surface area contributed by atoms with E-state index in [1.807, 2.05) is 60.9 Å². The number of aryl methyl sites for hydroxylation is 2. The van der Waals surface area contributed by atoms with Crippen LogP contribution in [0.15, 0.2) is 66.2 Å². The number of aromatic nitrogens is 5. The molecule has 0 spiro atoms. The number of carbonyl (C=O) groups excluding carboxylic acids is 1. The highest BCUT2D eigenvalue weighted by Crippen LogP contribution is 2.24. The zero-order valence-corrected chi connectivity index (χ0v) is 17.8. The summed E-state index contributed by atoms with van der Waals surface area (Å²) in [5.41, 5.74) is 4.28. The molecule has 0 aliphatic rings. The molecule has 0 bridgehead atoms. The van der Waals surface area contributed by atoms with Crippen LogP contribution in [0.25, 0.3) is 11.4 Å². The SMILES string of the molecule is Cc1ccc(-n2cnnc2SCC(=O)Nc2c(C#N)cnn2-c2ccccc2)c(C)c1. The Labute approximate surface area is 183 Å². The lowest BCUT2D eigenvalue weighted by Gasteiger charge is -2.11. The van der Waals surface area contributed by atoms with Gasteiger partial charge in [0.1, 0.15) is 18.0 Å². The minimum atomic E-state index is -0.269. The van der Waals surface area contributed by atoms with Gasteiger partial charge in [-0.2, -0.15) is 10.4 Å². The third kappa shape index (κ3) is 4.34. The van der Waals surface area contributed by atoms with Gasteiger partial charge < -0.3 is 5.32 Å². The molecule has 0 aliphatic carbocycles. The van der Waals surface area contributed by atoms with Crippen LogP contribution < -0.4 is 5.32 Å². The highest BCUT2D eigenvalue weighted by molar-refractivity contribution is 7.99. The van der Waals surface area contributed by atoms with Gasteiger partial charge in [-0.3, -0.25) is 9.36 Å². The van der Waals surface area contributed by atoms with Crippen molar-refractivity contribution in [3.8, 4) is 17.4 Å². The van der Waals surface area contributed by atoms with E-state index >= 15 is 0 Å². The second-order valence-electron chi connectivity index (χ2n) is 6.88. The number of benzene rings is 2. The molecule has 0 unspecified atom stereocenters. The first-order valence-electron chi connectivity index (χ1n) is 9.50. The van der Waals surface area contributed by atoms with E-state index in [0.717, 1.165) is 16.9 Å². The van der Waals surface area contributed by atoms with Crippen molar-refractivity contribution in [3.05, 3.63) is 77.7 Å². The third-order valence-corrected chi connectivity index (χ3v) is 5.55. The van der Waals surface area contributed by atoms with Gasteiger partial charge in [0.2, 0.25) is 5.91 Å². The van der Waals surface area contributed by atoms with Gasteiger partial charge in [-0.15, -0.1) is 10.2 Å². The van der Waals surface area contributed by atoms with Gasteiger partial charge in [-0.05, 0) is 37.6 Å². The topological polar surface area (TPSA) is 101 Å². The molecule has 0 saturated heterocycles. The normalized spacial score (nSPS) is 10.6. The van der Waals surface area contributed by atoms with Crippen molar-refractivity contribution in [2.24, 2.45) is 0 Å². The first kappa shape index (κ1) is 20.4. The van der Waals surface area contributed by atoms with Crippen LogP contribution in [0.4, 0.5) is 5.82 Å². The molecule has 0 atom stereocenters. The largest absolute Gasteiger partial charge is 0.309 e. The number of rotatable bonds is 6. The first-order valence-corrected chi connectivity index (χ1v) is 10.5. The quantitative estimate of drug-likeness (QED) is 0.469. The molecule has 0 saturated carbocycles. The van der Waals surface area contributed by atoms with Crippen LogP contribution in [-0.4, -0.2) is 36.2 Å². The van der Waals surface area contributed by atoms with Crippen LogP contribution >= 0.6 is 11.8 Å². The molecule has 9 heteroatoms. The van der Waals surface area contributed by atoms with Crippen molar-refractivity contribution in [1.82, 2.24) is 24.5 Å². The van der Waals surface area contributed by atoms with Crippen LogP contribution in [0.1, 0.15) is 16.7 Å². The number of carbonyl (C=O) groups is 1. The maximum atomic E-state index is 12.7. The van der Waals surface area contributed by atoms with E-state index in [1.165, 1.54) is 23.5 Å². The maximum Gasteiger partial charge on any atom is 0.236 e. The minimum absolute atomic E-state index is 0.106. The summed E-state index contributed by atoms with van der Waals surface area (Å²) in [5, 5.41) is 25.2. The molecule has 2 aromatic heterocycles. The Morgan fingerprint density at radius 1 is 1.19 bits per heavy atom. The predicted octanol–water partition coefficient (Wildman–Crippen LogP) is 3.67. The van der Waals surface area contributed by atoms with Gasteiger partial charge in [0, 0.05) is 0 Å². The van der Waals surface area contributed by atoms with Crippen molar-refractivity contribution >= 4 is 23.5 Å². The molecule has 8 nitrogen and oxygen atoms in total. The van der Waals surface area contributed by atoms with Crippen LogP contribution in [0.5, 0.6) is 0 Å². The monoisotopic (exact) mass is 429 g/mol. The fraction of sp³-hybridized carbons (Fsp3) is 0.136. The maximum absolute atomic E-state index is 12.7. The second kappa shape index (κ2) is 8.85. The lowest BCUT2D eigenvalue weighted by molar-refractivity contribution is -0.113. The molecular formula is C22H19N7OS. The van der Waals surface area contributed by atoms with Gasteiger partial charge in [-0.1, -0.05) is 47.7 Å². The van der Waals surface area contributed by atoms with Crippen LogP contribution in [0.3, 0.4) is 0 Å². The van der Waals surface area contributed by atoms with Crippen molar-refractivity contribution in [1.29, 1.82) is 5.26 Å². The lowest BCUT2D eigenvalue weighted by Crippen LogP contribution is -2.18. The Morgan fingerprint density at radius 2 is 2.00 bits per heavy atom. The average molecular weight is 430 g/mol. The standard InChI is InChI=1S/C22H19N7OS/c1-15-8-9-19(16(2)10-15)28-14-24-27-22(28)31-13-20(30)26-21-17(11-23)12-25-29(21)18-6-4-3-5-7-18/h3-10,12,14H,13H2,1-2H3,(H,26,30). The number of nitrogens with zero attached hydrogens (tertiary/aromatic N) is 6. The van der Waals surface area contributed by atoms with E-state index in [1.54, 1.807) is 11.0 Å². The molecule has 2 heterocycles. The number of nitrogens with one attached hydrogen (secondary N) is 1. The fourth-order valence-corrected chi connectivity index (χ4v) is 3.90. The number of hydrogen-bond donors (Lipinski definition) is 1. The smallest absolute Gasteiger partial charge is 0.236 e. The number of para-hydroxylation sites is 1. The minimum Gasteiger partial charge on any atom is -0.309 e. The van der Waals surface area contributed by atoms with E-state index in [4.69, 9.17) is 0 Å². The molecule has 1 amide bonds. The van der Waals surface area contributed by atoms with E-state index in [2.05, 4.69) is 32.7 Å². The lowest BCUT2D eigenvalue weighted by atomic mass is 10.1. The van der Waals surface area contributed by atoms with E-state index in [-0.39, 0.29) is 11.7 Å². The summed E-state index contributed by atoms with van der Waals surface area (Å²) in [6, 6.07) is 17.5. The molecule has 154 valence electrons. The summed E-state index contributed by atoms with van der Waals surface area (Å²) < 4.78 is 3.40. The Balaban J connectivity index is 1.50. The zero-order valence-electron chi connectivity index (χ0n) is 17.0. The number of hydrogen-bond acceptors (Lipinski definition) is 6. The first-order chi connectivity index (χ1) is 15.1. The van der Waals surface area contributed by atoms with Crippen LogP contribution in [0, 0.1) is 25.2 Å². The van der Waals surface area contributed by atoms with Crippen molar-refractivity contribution in [3.63, 3.8) is 0 Å². The Bertz CT molecular complexity index is 1270. The summed E-state index contributed by atoms with van der Waals surface area (Å²) >= 11 is 1.27. The van der Waals surface area contributed by atoms with Crippen molar-refractivity contribution in [2.75, 3.05) is 11.1 Å². The van der Waals surface area contributed by atoms with Crippen molar-refractivity contribution < 1.29 is 4.79 Å². The molecule has 31 heavy (non-hydrogen) atoms. The van der Waals surface area contributed by atoms with Crippen LogP contribution in [-0.2, 0) is 4.79 Å². The Kier molecular flexibility index (Phi) is 5.82. The van der Waals surface area contributed by atoms with Gasteiger partial charge in [0.05, 0.1) is 23.3 Å². The number of thioether (sulfide) groups is 1. The summed E-state index contributed by atoms with van der Waals surface area (Å²) in [7, 11) is 0. The molecule has 4 aromatic rings. The highest BCUT2D eigenvalue weighted by atomic mass is 32.2. The number of amides is 1. The molecule has 0 aliphatic heterocycles. The van der Waals surface area contributed by atoms with Gasteiger partial charge in [0.25, 0.3) is 0 Å². The molecule has 0 fully saturated rings. The molecule has 4 rings (SSSR count). The molecular weight excluding hydrogens is 410 g/mol. The fourth-order valence-electron chi connectivity index (χ4n) is 3.18. The summed E-state index contributed by atoms with van der Waals surface area (Å²) in [6.45, 7) is 4.07. The predicted molar refractivity (Wildman–Crippen MR) is 118 cm³/mol. The summed E-state index contributed by atoms with van der Waals surface area (Å²) in [6.07, 6.45) is 3.07. The van der Waals surface area contributed by atoms with Gasteiger partial charge in [-0.25, -0.2) is 4.68 Å². The van der Waals surface area contributed by atoms with E-state index in [0.29, 0.717) is 16.5 Å². The van der Waals surface area contributed by atoms with E-state index < -0.39 is 0 Å².